The highest BCUT2D eigenvalue weighted by atomic mass is 16.5. The summed E-state index contributed by atoms with van der Waals surface area (Å²) < 4.78 is 16.9. The second kappa shape index (κ2) is 7.65. The van der Waals surface area contributed by atoms with Crippen LogP contribution < -0.4 is 4.74 Å². The normalized spacial score (nSPS) is 29.8. The maximum Gasteiger partial charge on any atom is 0.118 e. The second-order valence-corrected chi connectivity index (χ2v) is 6.82. The minimum Gasteiger partial charge on any atom is -0.497 e. The van der Waals surface area contributed by atoms with Crippen LogP contribution in [0.4, 0.5) is 0 Å². The Morgan fingerprint density at radius 2 is 2.00 bits per heavy atom. The number of nitrogens with zero attached hydrogens (tertiary/aromatic N) is 1. The minimum atomic E-state index is 0.386. The van der Waals surface area contributed by atoms with Gasteiger partial charge in [-0.2, -0.15) is 0 Å². The van der Waals surface area contributed by atoms with Crippen LogP contribution in [-0.2, 0) is 9.47 Å². The minimum absolute atomic E-state index is 0.386. The highest BCUT2D eigenvalue weighted by Crippen LogP contribution is 2.31. The number of rotatable bonds is 5. The van der Waals surface area contributed by atoms with E-state index < -0.39 is 0 Å². The summed E-state index contributed by atoms with van der Waals surface area (Å²) in [4.78, 5) is 2.62. The van der Waals surface area contributed by atoms with Gasteiger partial charge >= 0.3 is 0 Å². The Kier molecular flexibility index (Phi) is 5.57. The maximum absolute atomic E-state index is 6.01. The Labute approximate surface area is 139 Å². The van der Waals surface area contributed by atoms with Crippen LogP contribution in [0.15, 0.2) is 24.3 Å². The van der Waals surface area contributed by atoms with Crippen LogP contribution in [0.25, 0.3) is 0 Å². The van der Waals surface area contributed by atoms with Gasteiger partial charge in [0.25, 0.3) is 0 Å². The molecule has 1 saturated carbocycles. The molecular formula is C19H29NO3. The van der Waals surface area contributed by atoms with E-state index in [0.29, 0.717) is 24.2 Å². The summed E-state index contributed by atoms with van der Waals surface area (Å²) in [6.07, 6.45) is 4.11. The van der Waals surface area contributed by atoms with Crippen molar-refractivity contribution in [1.82, 2.24) is 4.90 Å². The third kappa shape index (κ3) is 3.87. The molecule has 1 aliphatic carbocycles. The van der Waals surface area contributed by atoms with E-state index in [1.54, 1.807) is 7.11 Å². The van der Waals surface area contributed by atoms with Gasteiger partial charge in [0.1, 0.15) is 5.75 Å². The highest BCUT2D eigenvalue weighted by molar-refractivity contribution is 5.29. The number of ether oxygens (including phenoxy) is 3. The average Bonchev–Trinajstić information content (AvgIpc) is 2.61. The Balaban J connectivity index is 1.64. The van der Waals surface area contributed by atoms with E-state index in [4.69, 9.17) is 14.2 Å². The van der Waals surface area contributed by atoms with Gasteiger partial charge < -0.3 is 14.2 Å². The molecule has 2 fully saturated rings. The van der Waals surface area contributed by atoms with Crippen LogP contribution in [-0.4, -0.2) is 57.1 Å². The Morgan fingerprint density at radius 1 is 1.22 bits per heavy atom. The average molecular weight is 319 g/mol. The van der Waals surface area contributed by atoms with E-state index in [-0.39, 0.29) is 0 Å². The van der Waals surface area contributed by atoms with Gasteiger partial charge in [-0.05, 0) is 42.9 Å². The van der Waals surface area contributed by atoms with Gasteiger partial charge in [0.05, 0.1) is 25.9 Å². The molecule has 4 nitrogen and oxygen atoms in total. The summed E-state index contributed by atoms with van der Waals surface area (Å²) in [7, 11) is 3.54. The Hall–Kier alpha value is -1.10. The predicted molar refractivity (Wildman–Crippen MR) is 91.2 cm³/mol. The van der Waals surface area contributed by atoms with E-state index >= 15 is 0 Å². The monoisotopic (exact) mass is 319 g/mol. The molecule has 1 aromatic rings. The molecule has 128 valence electrons. The Bertz CT molecular complexity index is 490. The number of fused-ring (bicyclic) bond motifs is 1. The summed E-state index contributed by atoms with van der Waals surface area (Å²) >= 11 is 0. The zero-order valence-electron chi connectivity index (χ0n) is 14.5. The van der Waals surface area contributed by atoms with Crippen molar-refractivity contribution in [2.24, 2.45) is 0 Å². The molecule has 23 heavy (non-hydrogen) atoms. The fourth-order valence-electron chi connectivity index (χ4n) is 3.98. The van der Waals surface area contributed by atoms with Crippen LogP contribution >= 0.6 is 0 Å². The zero-order chi connectivity index (χ0) is 16.2. The van der Waals surface area contributed by atoms with E-state index in [1.165, 1.54) is 5.56 Å². The second-order valence-electron chi connectivity index (χ2n) is 6.82. The first-order valence-corrected chi connectivity index (χ1v) is 8.73. The SMILES string of the molecule is COc1ccc(C(C)CN2CCOC3CCC(OC)CC32)cc1. The van der Waals surface area contributed by atoms with Crippen LogP contribution in [0.2, 0.25) is 0 Å². The number of hydrogen-bond donors (Lipinski definition) is 0. The third-order valence-electron chi connectivity index (χ3n) is 5.41. The van der Waals surface area contributed by atoms with E-state index in [2.05, 4.69) is 36.1 Å². The maximum atomic E-state index is 6.01. The fraction of sp³-hybridized carbons (Fsp3) is 0.684. The van der Waals surface area contributed by atoms with E-state index in [1.807, 2.05) is 7.11 Å². The predicted octanol–water partition coefficient (Wildman–Crippen LogP) is 3.07. The smallest absolute Gasteiger partial charge is 0.118 e. The number of hydrogen-bond acceptors (Lipinski definition) is 4. The summed E-state index contributed by atoms with van der Waals surface area (Å²) in [5.74, 6) is 1.42. The summed E-state index contributed by atoms with van der Waals surface area (Å²) in [5.41, 5.74) is 1.37. The first kappa shape index (κ1) is 16.7. The first-order valence-electron chi connectivity index (χ1n) is 8.73. The van der Waals surface area contributed by atoms with Crippen molar-refractivity contribution in [2.75, 3.05) is 33.9 Å². The van der Waals surface area contributed by atoms with Crippen molar-refractivity contribution in [3.63, 3.8) is 0 Å². The van der Waals surface area contributed by atoms with Gasteiger partial charge in [0.15, 0.2) is 0 Å². The lowest BCUT2D eigenvalue weighted by atomic mass is 9.87. The lowest BCUT2D eigenvalue weighted by Crippen LogP contribution is -2.55. The quantitative estimate of drug-likeness (QED) is 0.834. The van der Waals surface area contributed by atoms with Crippen molar-refractivity contribution in [3.05, 3.63) is 29.8 Å². The molecule has 4 atom stereocenters. The lowest BCUT2D eigenvalue weighted by molar-refractivity contribution is -0.114. The molecule has 3 rings (SSSR count). The molecule has 0 amide bonds. The van der Waals surface area contributed by atoms with E-state index in [0.717, 1.165) is 44.7 Å². The zero-order valence-corrected chi connectivity index (χ0v) is 14.5. The van der Waals surface area contributed by atoms with Gasteiger partial charge in [-0.15, -0.1) is 0 Å². The van der Waals surface area contributed by atoms with Crippen LogP contribution in [0.3, 0.4) is 0 Å². The summed E-state index contributed by atoms with van der Waals surface area (Å²) in [5, 5.41) is 0. The van der Waals surface area contributed by atoms with Crippen LogP contribution in [0.5, 0.6) is 5.75 Å². The molecule has 1 aliphatic heterocycles. The molecule has 0 aromatic heterocycles. The lowest BCUT2D eigenvalue weighted by Gasteiger charge is -2.46. The molecule has 0 spiro atoms. The van der Waals surface area contributed by atoms with Gasteiger partial charge in [-0.25, -0.2) is 0 Å². The molecule has 1 aromatic carbocycles. The van der Waals surface area contributed by atoms with Crippen molar-refractivity contribution < 1.29 is 14.2 Å². The topological polar surface area (TPSA) is 30.9 Å². The summed E-state index contributed by atoms with van der Waals surface area (Å²) in [6, 6.07) is 8.97. The number of benzene rings is 1. The standard InChI is InChI=1S/C19H29NO3/c1-14(15-4-6-16(21-2)7-5-15)13-20-10-11-23-19-9-8-17(22-3)12-18(19)20/h4-7,14,17-19H,8-13H2,1-3H3. The van der Waals surface area contributed by atoms with Crippen LogP contribution in [0.1, 0.15) is 37.7 Å². The molecular weight excluding hydrogens is 290 g/mol. The van der Waals surface area contributed by atoms with Gasteiger partial charge in [0, 0.05) is 26.2 Å². The first-order chi connectivity index (χ1) is 11.2. The van der Waals surface area contributed by atoms with Gasteiger partial charge in [-0.1, -0.05) is 19.1 Å². The number of methoxy groups -OCH3 is 2. The molecule has 0 radical (unpaired) electrons. The molecule has 2 aliphatic rings. The molecule has 4 unspecified atom stereocenters. The van der Waals surface area contributed by atoms with Gasteiger partial charge in [0.2, 0.25) is 0 Å². The summed E-state index contributed by atoms with van der Waals surface area (Å²) in [6.45, 7) is 5.27. The third-order valence-corrected chi connectivity index (χ3v) is 5.41. The van der Waals surface area contributed by atoms with Crippen molar-refractivity contribution >= 4 is 0 Å². The molecule has 0 bridgehead atoms. The van der Waals surface area contributed by atoms with E-state index in [9.17, 15) is 0 Å². The largest absolute Gasteiger partial charge is 0.497 e. The highest BCUT2D eigenvalue weighted by Gasteiger charge is 2.38. The van der Waals surface area contributed by atoms with Crippen LogP contribution in [0, 0.1) is 0 Å². The van der Waals surface area contributed by atoms with Crippen molar-refractivity contribution in [1.29, 1.82) is 0 Å². The number of morpholine rings is 1. The molecule has 0 N–H and O–H groups in total. The molecule has 1 saturated heterocycles. The van der Waals surface area contributed by atoms with Crippen molar-refractivity contribution in [2.45, 2.75) is 50.4 Å². The fourth-order valence-corrected chi connectivity index (χ4v) is 3.98. The molecule has 1 heterocycles. The van der Waals surface area contributed by atoms with Gasteiger partial charge in [-0.3, -0.25) is 4.90 Å². The molecule has 4 heteroatoms. The Morgan fingerprint density at radius 3 is 2.70 bits per heavy atom. The van der Waals surface area contributed by atoms with Crippen molar-refractivity contribution in [3.8, 4) is 5.75 Å².